The van der Waals surface area contributed by atoms with Gasteiger partial charge in [-0.1, -0.05) is 18.2 Å². The topological polar surface area (TPSA) is 127 Å². The molecule has 3 aliphatic rings. The van der Waals surface area contributed by atoms with Crippen molar-refractivity contribution in [1.29, 1.82) is 0 Å². The number of aromatic nitrogens is 2. The van der Waals surface area contributed by atoms with E-state index in [0.29, 0.717) is 5.56 Å². The molecule has 3 saturated heterocycles. The van der Waals surface area contributed by atoms with Crippen molar-refractivity contribution >= 4 is 5.97 Å². The molecule has 0 aliphatic carbocycles. The van der Waals surface area contributed by atoms with Crippen LogP contribution >= 0.6 is 0 Å². The van der Waals surface area contributed by atoms with Gasteiger partial charge in [-0.3, -0.25) is 14.3 Å². The Morgan fingerprint density at radius 3 is 2.37 bits per heavy atom. The van der Waals surface area contributed by atoms with Crippen molar-refractivity contribution in [3.05, 3.63) is 69.0 Å². The molecule has 1 N–H and O–H groups in total. The van der Waals surface area contributed by atoms with E-state index in [0.717, 1.165) is 4.57 Å². The first-order valence-corrected chi connectivity index (χ1v) is 11.4. The summed E-state index contributed by atoms with van der Waals surface area (Å²) in [4.78, 5) is 39.9. The van der Waals surface area contributed by atoms with Crippen LogP contribution < -0.4 is 11.2 Å². The van der Waals surface area contributed by atoms with Crippen LogP contribution in [-0.4, -0.2) is 64.2 Å². The molecule has 0 radical (unpaired) electrons. The molecular formula is C24H28N2O9. The quantitative estimate of drug-likeness (QED) is 0.637. The van der Waals surface area contributed by atoms with Crippen LogP contribution in [0.3, 0.4) is 0 Å². The fraction of sp³-hybridized carbons (Fsp3) is 0.542. The number of aromatic amines is 1. The summed E-state index contributed by atoms with van der Waals surface area (Å²) in [5, 5.41) is 0. The summed E-state index contributed by atoms with van der Waals surface area (Å²) in [5.41, 5.74) is -0.979. The molecule has 4 unspecified atom stereocenters. The number of H-pyrrole nitrogens is 1. The first-order chi connectivity index (χ1) is 16.5. The molecule has 0 amide bonds. The Bertz CT molecular complexity index is 1210. The molecule has 11 nitrogen and oxygen atoms in total. The molecule has 11 heteroatoms. The molecular weight excluding hydrogens is 460 g/mol. The number of hydrogen-bond acceptors (Lipinski definition) is 9. The van der Waals surface area contributed by atoms with Crippen molar-refractivity contribution in [2.24, 2.45) is 0 Å². The molecule has 0 spiro atoms. The van der Waals surface area contributed by atoms with E-state index in [4.69, 9.17) is 28.4 Å². The second-order valence-corrected chi connectivity index (χ2v) is 9.68. The summed E-state index contributed by atoms with van der Waals surface area (Å²) in [5.74, 6) is -2.58. The van der Waals surface area contributed by atoms with E-state index in [-0.39, 0.29) is 6.61 Å². The van der Waals surface area contributed by atoms with Crippen molar-refractivity contribution < 1.29 is 33.2 Å². The minimum Gasteiger partial charge on any atom is -0.451 e. The lowest BCUT2D eigenvalue weighted by Gasteiger charge is -2.42. The van der Waals surface area contributed by atoms with Crippen LogP contribution in [-0.2, 0) is 28.4 Å². The molecule has 3 fully saturated rings. The third kappa shape index (κ3) is 4.69. The summed E-state index contributed by atoms with van der Waals surface area (Å²) in [6, 6.07) is 9.64. The van der Waals surface area contributed by atoms with Gasteiger partial charge in [0, 0.05) is 12.3 Å². The molecule has 5 rings (SSSR count). The molecule has 35 heavy (non-hydrogen) atoms. The minimum absolute atomic E-state index is 0.138. The third-order valence-corrected chi connectivity index (χ3v) is 6.17. The van der Waals surface area contributed by atoms with E-state index in [1.54, 1.807) is 58.0 Å². The summed E-state index contributed by atoms with van der Waals surface area (Å²) in [7, 11) is 0. The Hall–Kier alpha value is -2.83. The van der Waals surface area contributed by atoms with Gasteiger partial charge in [0.1, 0.15) is 24.4 Å². The van der Waals surface area contributed by atoms with Crippen molar-refractivity contribution in [3.63, 3.8) is 0 Å². The van der Waals surface area contributed by atoms with E-state index in [1.165, 1.54) is 12.3 Å². The molecule has 3 aliphatic heterocycles. The molecule has 4 heterocycles. The van der Waals surface area contributed by atoms with E-state index in [1.807, 2.05) is 0 Å². The number of nitrogens with one attached hydrogen (secondary N) is 1. The number of ether oxygens (including phenoxy) is 6. The van der Waals surface area contributed by atoms with E-state index in [2.05, 4.69) is 4.98 Å². The minimum atomic E-state index is -1.17. The predicted molar refractivity (Wildman–Crippen MR) is 120 cm³/mol. The van der Waals surface area contributed by atoms with E-state index >= 15 is 0 Å². The number of hydrogen-bond donors (Lipinski definition) is 1. The van der Waals surface area contributed by atoms with Crippen LogP contribution in [0.15, 0.2) is 52.2 Å². The van der Waals surface area contributed by atoms with Crippen molar-refractivity contribution in [3.8, 4) is 0 Å². The van der Waals surface area contributed by atoms with Gasteiger partial charge in [0.25, 0.3) is 5.56 Å². The maximum Gasteiger partial charge on any atom is 0.338 e. The second-order valence-electron chi connectivity index (χ2n) is 9.68. The van der Waals surface area contributed by atoms with Gasteiger partial charge in [0.15, 0.2) is 23.9 Å². The highest BCUT2D eigenvalue weighted by Crippen LogP contribution is 2.43. The SMILES string of the molecule is CC1(C)OCC2OC(n3ccc(=O)[nH]c3=O)C(OC(=O)c3ccccc3)[C@H]3OC(C)(C)OC3[C@@H]2O1. The zero-order valence-corrected chi connectivity index (χ0v) is 19.8. The van der Waals surface area contributed by atoms with Gasteiger partial charge in [-0.2, -0.15) is 0 Å². The highest BCUT2D eigenvalue weighted by molar-refractivity contribution is 5.89. The number of benzene rings is 1. The molecule has 188 valence electrons. The zero-order chi connectivity index (χ0) is 25.0. The Labute approximate surface area is 200 Å². The highest BCUT2D eigenvalue weighted by Gasteiger charge is 2.60. The van der Waals surface area contributed by atoms with E-state index < -0.39 is 65.5 Å². The number of esters is 1. The average Bonchev–Trinajstić information content (AvgIpc) is 3.07. The Kier molecular flexibility index (Phi) is 5.93. The molecule has 2 aromatic rings. The molecule has 1 aromatic heterocycles. The van der Waals surface area contributed by atoms with Crippen LogP contribution in [0.2, 0.25) is 0 Å². The second kappa shape index (κ2) is 8.68. The zero-order valence-electron chi connectivity index (χ0n) is 19.8. The molecule has 1 aromatic carbocycles. The smallest absolute Gasteiger partial charge is 0.338 e. The van der Waals surface area contributed by atoms with Crippen molar-refractivity contribution in [2.75, 3.05) is 6.61 Å². The monoisotopic (exact) mass is 488 g/mol. The summed E-state index contributed by atoms with van der Waals surface area (Å²) < 4.78 is 37.9. The van der Waals surface area contributed by atoms with Gasteiger partial charge in [-0.25, -0.2) is 9.59 Å². The number of carbonyl (C=O) groups is 1. The van der Waals surface area contributed by atoms with Gasteiger partial charge in [-0.05, 0) is 39.8 Å². The van der Waals surface area contributed by atoms with Crippen molar-refractivity contribution in [2.45, 2.75) is 76.0 Å². The van der Waals surface area contributed by atoms with Gasteiger partial charge < -0.3 is 28.4 Å². The highest BCUT2D eigenvalue weighted by atomic mass is 16.8. The third-order valence-electron chi connectivity index (χ3n) is 6.17. The van der Waals surface area contributed by atoms with Crippen LogP contribution in [0, 0.1) is 0 Å². The summed E-state index contributed by atoms with van der Waals surface area (Å²) >= 11 is 0. The van der Waals surface area contributed by atoms with Gasteiger partial charge in [0.05, 0.1) is 12.2 Å². The van der Waals surface area contributed by atoms with Crippen LogP contribution in [0.5, 0.6) is 0 Å². The summed E-state index contributed by atoms with van der Waals surface area (Å²) in [6.45, 7) is 7.19. The normalized spacial score (nSPS) is 33.3. The fourth-order valence-electron chi connectivity index (χ4n) is 4.70. The standard InChI is InChI=1S/C24H28N2O9/c1-23(2)30-12-14-16(33-23)17-18(35-24(3,4)34-17)19(32-21(28)13-8-6-5-7-9-13)20(31-14)26-11-10-15(27)25-22(26)29/h5-11,14,16-20H,12H2,1-4H3,(H,25,27,29)/t14?,16-,17?,18+,19?,20?/m1/s1. The largest absolute Gasteiger partial charge is 0.451 e. The van der Waals surface area contributed by atoms with Gasteiger partial charge in [0.2, 0.25) is 0 Å². The van der Waals surface area contributed by atoms with Crippen LogP contribution in [0.1, 0.15) is 44.3 Å². The lowest BCUT2D eigenvalue weighted by molar-refractivity contribution is -0.332. The number of nitrogens with zero attached hydrogens (tertiary/aromatic N) is 1. The first kappa shape index (κ1) is 23.9. The van der Waals surface area contributed by atoms with E-state index in [9.17, 15) is 14.4 Å². The Morgan fingerprint density at radius 1 is 0.971 bits per heavy atom. The van der Waals surface area contributed by atoms with Gasteiger partial charge in [-0.15, -0.1) is 0 Å². The fourth-order valence-corrected chi connectivity index (χ4v) is 4.70. The van der Waals surface area contributed by atoms with Crippen LogP contribution in [0.4, 0.5) is 0 Å². The first-order valence-electron chi connectivity index (χ1n) is 11.4. The lowest BCUT2D eigenvalue weighted by Crippen LogP contribution is -2.55. The maximum absolute atomic E-state index is 13.1. The average molecular weight is 488 g/mol. The van der Waals surface area contributed by atoms with Crippen LogP contribution in [0.25, 0.3) is 0 Å². The molecule has 0 saturated carbocycles. The van der Waals surface area contributed by atoms with Crippen molar-refractivity contribution in [1.82, 2.24) is 9.55 Å². The molecule has 6 atom stereocenters. The number of carbonyl (C=O) groups excluding carboxylic acids is 1. The number of rotatable bonds is 3. The maximum atomic E-state index is 13.1. The predicted octanol–water partition coefficient (Wildman–Crippen LogP) is 1.33. The summed E-state index contributed by atoms with van der Waals surface area (Å²) in [6.07, 6.45) is -3.89. The Balaban J connectivity index is 1.61. The molecule has 0 bridgehead atoms. The Morgan fingerprint density at radius 2 is 1.66 bits per heavy atom. The lowest BCUT2D eigenvalue weighted by atomic mass is 9.99. The van der Waals surface area contributed by atoms with Gasteiger partial charge >= 0.3 is 11.7 Å². The number of fused-ring (bicyclic) bond motifs is 3.